The van der Waals surface area contributed by atoms with Crippen LogP contribution in [0.5, 0.6) is 11.5 Å². The van der Waals surface area contributed by atoms with Crippen LogP contribution in [0.2, 0.25) is 0 Å². The molecule has 5 amide bonds. The number of benzene rings is 3. The fourth-order valence-electron chi connectivity index (χ4n) is 7.51. The summed E-state index contributed by atoms with van der Waals surface area (Å²) >= 11 is 3.60. The number of nitriles is 1. The van der Waals surface area contributed by atoms with Crippen molar-refractivity contribution in [3.8, 4) is 40.0 Å². The molecule has 350 valence electrons. The van der Waals surface area contributed by atoms with Gasteiger partial charge in [-0.05, 0) is 95.2 Å². The van der Waals surface area contributed by atoms with E-state index in [0.717, 1.165) is 11.1 Å². The molecule has 4 atom stereocenters. The number of carbonyl (C=O) groups excluding carboxylic acids is 5. The number of fused-ring (bicyclic) bond motifs is 5. The fourth-order valence-corrected chi connectivity index (χ4v) is 8.05. The Morgan fingerprint density at radius 2 is 1.56 bits per heavy atom. The number of rotatable bonds is 15. The number of pyridine rings is 1. The third-order valence-electron chi connectivity index (χ3n) is 11.0. The summed E-state index contributed by atoms with van der Waals surface area (Å²) in [7, 11) is 1.42. The maximum atomic E-state index is 14.7. The summed E-state index contributed by atoms with van der Waals surface area (Å²) in [4.78, 5) is 76.4. The Morgan fingerprint density at radius 1 is 0.924 bits per heavy atom. The molecule has 1 aromatic heterocycles. The summed E-state index contributed by atoms with van der Waals surface area (Å²) in [6.07, 6.45) is 0.0116. The number of halogens is 1. The van der Waals surface area contributed by atoms with Crippen molar-refractivity contribution in [1.29, 1.82) is 5.26 Å². The third-order valence-corrected chi connectivity index (χ3v) is 11.7. The molecule has 0 saturated carbocycles. The largest absolute Gasteiger partial charge is 0.492 e. The van der Waals surface area contributed by atoms with Gasteiger partial charge in [-0.1, -0.05) is 57.2 Å². The lowest BCUT2D eigenvalue weighted by Crippen LogP contribution is -2.56. The summed E-state index contributed by atoms with van der Waals surface area (Å²) in [6.45, 7) is 9.93. The number of hydrogen-bond donors (Lipinski definition) is 7. The molecule has 0 radical (unpaired) electrons. The minimum Gasteiger partial charge on any atom is -0.492 e. The van der Waals surface area contributed by atoms with Crippen LogP contribution in [0, 0.1) is 18.3 Å². The molecule has 0 saturated heterocycles. The predicted molar refractivity (Wildman–Crippen MR) is 254 cm³/mol. The Labute approximate surface area is 393 Å². The van der Waals surface area contributed by atoms with Gasteiger partial charge in [-0.25, -0.2) is 0 Å². The molecular formula is C48H59BrN10O7. The minimum atomic E-state index is -1.40. The fraction of sp³-hybridized carbons (Fsp3) is 0.396. The summed E-state index contributed by atoms with van der Waals surface area (Å²) in [5.41, 5.74) is 22.8. The highest BCUT2D eigenvalue weighted by atomic mass is 79.9. The Morgan fingerprint density at radius 3 is 2.17 bits per heavy atom. The molecule has 17 nitrogen and oxygen atoms in total. The molecule has 1 unspecified atom stereocenters. The first kappa shape index (κ1) is 50.6. The van der Waals surface area contributed by atoms with Crippen molar-refractivity contribution < 1.29 is 33.4 Å². The van der Waals surface area contributed by atoms with E-state index < -0.39 is 53.7 Å². The first-order chi connectivity index (χ1) is 31.4. The van der Waals surface area contributed by atoms with Crippen LogP contribution in [0.15, 0.2) is 71.2 Å². The van der Waals surface area contributed by atoms with Crippen LogP contribution < -0.4 is 47.9 Å². The predicted octanol–water partition coefficient (Wildman–Crippen LogP) is 3.29. The Hall–Kier alpha value is -6.39. The second kappa shape index (κ2) is 22.7. The van der Waals surface area contributed by atoms with Gasteiger partial charge in [0.25, 0.3) is 5.91 Å². The minimum absolute atomic E-state index is 0.00275. The number of ether oxygens (including phenoxy) is 2. The Kier molecular flexibility index (Phi) is 17.4. The van der Waals surface area contributed by atoms with Crippen molar-refractivity contribution in [2.45, 2.75) is 77.0 Å². The summed E-state index contributed by atoms with van der Waals surface area (Å²) in [5.74, 6) is -2.53. The Bertz CT molecular complexity index is 2470. The average Bonchev–Trinajstić information content (AvgIpc) is 3.29. The normalized spacial score (nSPS) is 16.7. The quantitative estimate of drug-likeness (QED) is 0.0847. The highest BCUT2D eigenvalue weighted by Crippen LogP contribution is 2.40. The van der Waals surface area contributed by atoms with Crippen molar-refractivity contribution >= 4 is 45.5 Å². The van der Waals surface area contributed by atoms with Crippen molar-refractivity contribution in [1.82, 2.24) is 31.2 Å². The zero-order chi connectivity index (χ0) is 48.3. The van der Waals surface area contributed by atoms with Crippen LogP contribution in [0.1, 0.15) is 72.9 Å². The lowest BCUT2D eigenvalue weighted by Gasteiger charge is -2.32. The SMILES string of the molecule is Cc1nc(-c2ccc(C(C)(C)C)cc2)c(Br)cc1C(=O)NC(CCN)C(=O)N(C)[C@@H]1C(=O)N[C@@H](C)C(=O)N[C@H](C(=O)NCC#N)Cc2ccc(OCCN)c(c2)-c2cc1ccc2OCCN. The highest BCUT2D eigenvalue weighted by Gasteiger charge is 2.36. The van der Waals surface area contributed by atoms with E-state index in [9.17, 15) is 24.0 Å². The van der Waals surface area contributed by atoms with Crippen LogP contribution in [-0.4, -0.2) is 104 Å². The van der Waals surface area contributed by atoms with Gasteiger partial charge in [0.05, 0.1) is 23.0 Å². The molecule has 2 heterocycles. The molecule has 1 aliphatic heterocycles. The molecule has 4 aromatic rings. The van der Waals surface area contributed by atoms with Crippen LogP contribution >= 0.6 is 15.9 Å². The van der Waals surface area contributed by atoms with Crippen molar-refractivity contribution in [3.05, 3.63) is 99.2 Å². The van der Waals surface area contributed by atoms with Gasteiger partial charge in [0.1, 0.15) is 55.4 Å². The monoisotopic (exact) mass is 966 g/mol. The molecule has 18 heteroatoms. The van der Waals surface area contributed by atoms with E-state index in [1.54, 1.807) is 49.4 Å². The Balaban J connectivity index is 1.57. The van der Waals surface area contributed by atoms with Gasteiger partial charge in [0.2, 0.25) is 23.6 Å². The van der Waals surface area contributed by atoms with Crippen molar-refractivity contribution in [2.75, 3.05) is 46.4 Å². The van der Waals surface area contributed by atoms with E-state index >= 15 is 0 Å². The standard InChI is InChI=1S/C48H59BrN10O7/c1-27-33(26-36(49)41(55-27)30-8-11-32(12-9-30)48(3,4)5)44(61)57-37(15-16-50)47(64)59(6)42-31-10-14-40(66-22-19-53)35(25-31)34-23-29(7-13-39(34)65-21-18-52)24-38(45(62)54-20-17-51)58-43(60)28(2)56-46(42)63/h7-14,23,25-26,28,37-38,42H,15-16,18-22,24,50,52-53H2,1-6H3,(H,54,62)(H,56,63)(H,57,61)(H,58,60)/t28-,37?,38-,42-/m0/s1. The number of nitrogens with one attached hydrogen (secondary N) is 4. The van der Waals surface area contributed by atoms with Gasteiger partial charge in [-0.15, -0.1) is 0 Å². The number of aryl methyl sites for hydroxylation is 1. The molecule has 1 aliphatic rings. The van der Waals surface area contributed by atoms with E-state index in [0.29, 0.717) is 49.6 Å². The van der Waals surface area contributed by atoms with Crippen molar-refractivity contribution in [3.63, 3.8) is 0 Å². The second-order valence-corrected chi connectivity index (χ2v) is 17.8. The van der Waals surface area contributed by atoms with E-state index in [1.165, 1.54) is 18.9 Å². The lowest BCUT2D eigenvalue weighted by atomic mass is 9.86. The maximum absolute atomic E-state index is 14.7. The molecule has 0 fully saturated rings. The third kappa shape index (κ3) is 12.3. The number of aromatic nitrogens is 1. The zero-order valence-electron chi connectivity index (χ0n) is 38.1. The van der Waals surface area contributed by atoms with E-state index in [4.69, 9.17) is 36.9 Å². The van der Waals surface area contributed by atoms with Crippen LogP contribution in [0.3, 0.4) is 0 Å². The summed E-state index contributed by atoms with van der Waals surface area (Å²) in [5, 5.41) is 19.9. The molecule has 0 aliphatic carbocycles. The van der Waals surface area contributed by atoms with Gasteiger partial charge in [-0.3, -0.25) is 29.0 Å². The average molecular weight is 968 g/mol. The van der Waals surface area contributed by atoms with Gasteiger partial charge in [-0.2, -0.15) is 5.26 Å². The first-order valence-electron chi connectivity index (χ1n) is 21.7. The topological polar surface area (TPSA) is 270 Å². The van der Waals surface area contributed by atoms with Crippen LogP contribution in [0.4, 0.5) is 0 Å². The highest BCUT2D eigenvalue weighted by molar-refractivity contribution is 9.10. The zero-order valence-corrected chi connectivity index (χ0v) is 39.7. The van der Waals surface area contributed by atoms with Crippen LogP contribution in [0.25, 0.3) is 22.4 Å². The van der Waals surface area contributed by atoms with E-state index in [-0.39, 0.29) is 63.2 Å². The molecular weight excluding hydrogens is 908 g/mol. The lowest BCUT2D eigenvalue weighted by molar-refractivity contribution is -0.141. The van der Waals surface area contributed by atoms with E-state index in [2.05, 4.69) is 58.0 Å². The number of likely N-dealkylation sites (N-methyl/N-ethyl adjacent to an activating group) is 1. The van der Waals surface area contributed by atoms with Gasteiger partial charge in [0, 0.05) is 47.7 Å². The number of carbonyl (C=O) groups is 5. The number of nitrogens with two attached hydrogens (primary N) is 3. The van der Waals surface area contributed by atoms with E-state index in [1.807, 2.05) is 30.3 Å². The van der Waals surface area contributed by atoms with Crippen molar-refractivity contribution in [2.24, 2.45) is 17.2 Å². The second-order valence-electron chi connectivity index (χ2n) is 17.0. The molecule has 4 bridgehead atoms. The first-order valence-corrected chi connectivity index (χ1v) is 22.5. The van der Waals surface area contributed by atoms with Gasteiger partial charge >= 0.3 is 0 Å². The van der Waals surface area contributed by atoms with Gasteiger partial charge in [0.15, 0.2) is 0 Å². The van der Waals surface area contributed by atoms with Crippen LogP contribution in [-0.2, 0) is 31.0 Å². The van der Waals surface area contributed by atoms with Gasteiger partial charge < -0.3 is 52.8 Å². The molecule has 5 rings (SSSR count). The number of amides is 5. The summed E-state index contributed by atoms with van der Waals surface area (Å²) < 4.78 is 12.8. The number of hydrogen-bond acceptors (Lipinski definition) is 12. The molecule has 10 N–H and O–H groups in total. The molecule has 3 aromatic carbocycles. The molecule has 66 heavy (non-hydrogen) atoms. The maximum Gasteiger partial charge on any atom is 0.253 e. The molecule has 0 spiro atoms. The number of nitrogens with zero attached hydrogens (tertiary/aromatic N) is 3. The smallest absolute Gasteiger partial charge is 0.253 e. The summed E-state index contributed by atoms with van der Waals surface area (Å²) in [6, 6.07) is 16.8.